The molecule has 2 aliphatic rings. The molecule has 2 saturated heterocycles. The molecule has 3 rings (SSSR count). The van der Waals surface area contributed by atoms with E-state index in [0.717, 1.165) is 6.42 Å². The molecular formula is C13H16O2. The van der Waals surface area contributed by atoms with Gasteiger partial charge in [-0.25, -0.2) is 0 Å². The lowest BCUT2D eigenvalue weighted by Gasteiger charge is -2.28. The monoisotopic (exact) mass is 204 g/mol. The van der Waals surface area contributed by atoms with Crippen LogP contribution < -0.4 is 0 Å². The Labute approximate surface area is 90.2 Å². The Kier molecular flexibility index (Phi) is 1.91. The molecule has 0 N–H and O–H groups in total. The molecule has 0 radical (unpaired) electrons. The Bertz CT molecular complexity index is 362. The van der Waals surface area contributed by atoms with Crippen LogP contribution in [0.2, 0.25) is 0 Å². The highest BCUT2D eigenvalue weighted by Crippen LogP contribution is 2.51. The summed E-state index contributed by atoms with van der Waals surface area (Å²) in [5.41, 5.74) is 1.33. The van der Waals surface area contributed by atoms with Crippen LogP contribution in [0.5, 0.6) is 0 Å². The number of rotatable bonds is 1. The van der Waals surface area contributed by atoms with E-state index in [-0.39, 0.29) is 17.8 Å². The van der Waals surface area contributed by atoms with E-state index >= 15 is 0 Å². The molecule has 0 spiro atoms. The Morgan fingerprint density at radius 3 is 2.67 bits per heavy atom. The number of fused-ring (bicyclic) bond motifs is 1. The third-order valence-electron chi connectivity index (χ3n) is 3.51. The summed E-state index contributed by atoms with van der Waals surface area (Å²) >= 11 is 0. The first-order valence-corrected chi connectivity index (χ1v) is 5.57. The average Bonchev–Trinajstić information content (AvgIpc) is 2.92. The maximum Gasteiger partial charge on any atom is 0.113 e. The second kappa shape index (κ2) is 3.06. The Hall–Kier alpha value is -0.860. The van der Waals surface area contributed by atoms with Gasteiger partial charge in [0.1, 0.15) is 6.10 Å². The second-order valence-electron chi connectivity index (χ2n) is 4.80. The van der Waals surface area contributed by atoms with Crippen LogP contribution in [0.1, 0.15) is 31.9 Å². The first kappa shape index (κ1) is 9.37. The first-order valence-electron chi connectivity index (χ1n) is 5.57. The molecule has 0 bridgehead atoms. The zero-order valence-corrected chi connectivity index (χ0v) is 9.14. The van der Waals surface area contributed by atoms with Crippen molar-refractivity contribution in [2.45, 2.75) is 44.2 Å². The van der Waals surface area contributed by atoms with Gasteiger partial charge < -0.3 is 9.47 Å². The zero-order chi connectivity index (χ0) is 10.5. The van der Waals surface area contributed by atoms with E-state index in [9.17, 15) is 0 Å². The van der Waals surface area contributed by atoms with E-state index in [1.165, 1.54) is 5.56 Å². The van der Waals surface area contributed by atoms with Gasteiger partial charge in [0.15, 0.2) is 0 Å². The van der Waals surface area contributed by atoms with E-state index in [1.54, 1.807) is 0 Å². The molecule has 2 heteroatoms. The minimum atomic E-state index is 0.0676. The Morgan fingerprint density at radius 1 is 1.27 bits per heavy atom. The van der Waals surface area contributed by atoms with Crippen molar-refractivity contribution in [1.82, 2.24) is 0 Å². The fourth-order valence-corrected chi connectivity index (χ4v) is 2.62. The van der Waals surface area contributed by atoms with Crippen molar-refractivity contribution in [1.29, 1.82) is 0 Å². The van der Waals surface area contributed by atoms with Crippen molar-refractivity contribution in [3.8, 4) is 0 Å². The van der Waals surface area contributed by atoms with Crippen LogP contribution in [0.3, 0.4) is 0 Å². The number of hydrogen-bond donors (Lipinski definition) is 0. The van der Waals surface area contributed by atoms with E-state index < -0.39 is 0 Å². The van der Waals surface area contributed by atoms with Crippen molar-refractivity contribution in [3.05, 3.63) is 35.9 Å². The van der Waals surface area contributed by atoms with E-state index in [0.29, 0.717) is 6.10 Å². The second-order valence-corrected chi connectivity index (χ2v) is 4.80. The molecule has 15 heavy (non-hydrogen) atoms. The highest BCUT2D eigenvalue weighted by atomic mass is 16.6. The number of epoxide rings is 1. The number of hydrogen-bond acceptors (Lipinski definition) is 2. The van der Waals surface area contributed by atoms with E-state index in [2.05, 4.69) is 38.1 Å². The Morgan fingerprint density at radius 2 is 2.00 bits per heavy atom. The van der Waals surface area contributed by atoms with Gasteiger partial charge in [0.05, 0.1) is 17.8 Å². The third kappa shape index (κ3) is 1.48. The average molecular weight is 204 g/mol. The molecule has 1 aromatic rings. The van der Waals surface area contributed by atoms with Crippen molar-refractivity contribution >= 4 is 0 Å². The number of ether oxygens (including phenoxy) is 2. The maximum atomic E-state index is 5.97. The van der Waals surface area contributed by atoms with Crippen molar-refractivity contribution in [3.63, 3.8) is 0 Å². The van der Waals surface area contributed by atoms with Crippen LogP contribution in [-0.2, 0) is 9.47 Å². The molecule has 2 aliphatic heterocycles. The van der Waals surface area contributed by atoms with Crippen molar-refractivity contribution in [2.75, 3.05) is 0 Å². The molecule has 80 valence electrons. The quantitative estimate of drug-likeness (QED) is 0.656. The van der Waals surface area contributed by atoms with Gasteiger partial charge in [-0.2, -0.15) is 0 Å². The number of benzene rings is 1. The summed E-state index contributed by atoms with van der Waals surface area (Å²) in [6.45, 7) is 4.29. The Balaban J connectivity index is 1.83. The standard InChI is InChI=1S/C13H16O2/c1-9-12-13(2,15-12)8-11(14-9)10-6-4-3-5-7-10/h3-7,9,11-12H,8H2,1-2H3/t9-,11+,12+,13-/m0/s1. The largest absolute Gasteiger partial charge is 0.368 e. The van der Waals surface area contributed by atoms with Crippen LogP contribution in [0.4, 0.5) is 0 Å². The lowest BCUT2D eigenvalue weighted by atomic mass is 9.90. The predicted octanol–water partition coefficient (Wildman–Crippen LogP) is 2.69. The predicted molar refractivity (Wildman–Crippen MR) is 57.6 cm³/mol. The van der Waals surface area contributed by atoms with Crippen molar-refractivity contribution < 1.29 is 9.47 Å². The molecule has 0 unspecified atom stereocenters. The van der Waals surface area contributed by atoms with Gasteiger partial charge in [-0.3, -0.25) is 0 Å². The summed E-state index contributed by atoms with van der Waals surface area (Å²) in [5.74, 6) is 0. The zero-order valence-electron chi connectivity index (χ0n) is 9.14. The summed E-state index contributed by atoms with van der Waals surface area (Å²) in [4.78, 5) is 0. The van der Waals surface area contributed by atoms with Gasteiger partial charge in [-0.15, -0.1) is 0 Å². The highest BCUT2D eigenvalue weighted by Gasteiger charge is 2.60. The molecule has 0 saturated carbocycles. The molecule has 1 aromatic carbocycles. The van der Waals surface area contributed by atoms with E-state index in [1.807, 2.05) is 6.07 Å². The van der Waals surface area contributed by atoms with Gasteiger partial charge >= 0.3 is 0 Å². The lowest BCUT2D eigenvalue weighted by Crippen LogP contribution is -2.32. The lowest BCUT2D eigenvalue weighted by molar-refractivity contribution is -0.0372. The van der Waals surface area contributed by atoms with Crippen LogP contribution in [0.15, 0.2) is 30.3 Å². The summed E-state index contributed by atoms with van der Waals surface area (Å²) in [5, 5.41) is 0. The van der Waals surface area contributed by atoms with Crippen LogP contribution >= 0.6 is 0 Å². The van der Waals surface area contributed by atoms with Crippen LogP contribution in [0.25, 0.3) is 0 Å². The van der Waals surface area contributed by atoms with E-state index in [4.69, 9.17) is 9.47 Å². The van der Waals surface area contributed by atoms with Crippen LogP contribution in [-0.4, -0.2) is 17.8 Å². The van der Waals surface area contributed by atoms with Crippen molar-refractivity contribution in [2.24, 2.45) is 0 Å². The van der Waals surface area contributed by atoms with Gasteiger partial charge in [-0.05, 0) is 19.4 Å². The maximum absolute atomic E-state index is 5.97. The fraction of sp³-hybridized carbons (Fsp3) is 0.538. The summed E-state index contributed by atoms with van der Waals surface area (Å²) < 4.78 is 11.7. The molecule has 2 heterocycles. The molecular weight excluding hydrogens is 188 g/mol. The topological polar surface area (TPSA) is 21.8 Å². The molecule has 0 amide bonds. The van der Waals surface area contributed by atoms with Gasteiger partial charge in [0, 0.05) is 6.42 Å². The smallest absolute Gasteiger partial charge is 0.113 e. The molecule has 4 atom stereocenters. The normalized spacial score (nSPS) is 43.5. The molecule has 0 aliphatic carbocycles. The first-order chi connectivity index (χ1) is 7.19. The summed E-state index contributed by atoms with van der Waals surface area (Å²) in [7, 11) is 0. The molecule has 2 fully saturated rings. The van der Waals surface area contributed by atoms with Crippen LogP contribution in [0, 0.1) is 0 Å². The van der Waals surface area contributed by atoms with Gasteiger partial charge in [0.2, 0.25) is 0 Å². The highest BCUT2D eigenvalue weighted by molar-refractivity contribution is 5.21. The summed E-state index contributed by atoms with van der Waals surface area (Å²) in [6.07, 6.45) is 1.71. The van der Waals surface area contributed by atoms with Gasteiger partial charge in [-0.1, -0.05) is 30.3 Å². The molecule has 0 aromatic heterocycles. The minimum Gasteiger partial charge on any atom is -0.368 e. The SMILES string of the molecule is C[C@@H]1O[C@@H](c2ccccc2)C[C@]2(C)O[C@H]12. The summed E-state index contributed by atoms with van der Waals surface area (Å²) in [6, 6.07) is 10.4. The fourth-order valence-electron chi connectivity index (χ4n) is 2.62. The minimum absolute atomic E-state index is 0.0676. The molecule has 2 nitrogen and oxygen atoms in total. The van der Waals surface area contributed by atoms with Gasteiger partial charge in [0.25, 0.3) is 0 Å². The third-order valence-corrected chi connectivity index (χ3v) is 3.51.